The minimum atomic E-state index is 0.847. The highest BCUT2D eigenvalue weighted by molar-refractivity contribution is 5.56. The van der Waals surface area contributed by atoms with Crippen molar-refractivity contribution >= 4 is 11.4 Å². The lowest BCUT2D eigenvalue weighted by atomic mass is 10.2. The Kier molecular flexibility index (Phi) is 3.14. The van der Waals surface area contributed by atoms with Gasteiger partial charge in [0.1, 0.15) is 0 Å². The number of aryl methyl sites for hydroxylation is 1. The summed E-state index contributed by atoms with van der Waals surface area (Å²) in [6.45, 7) is 3.14. The van der Waals surface area contributed by atoms with Gasteiger partial charge in [0.15, 0.2) is 0 Å². The molecule has 0 spiro atoms. The molecule has 2 nitrogen and oxygen atoms in total. The standard InChI is InChI=1S/C13H20N2/c1-10-7-12(14)9-13(8-10)15-6-2-3-11-4-5-11/h7-9,11,15H,2-6,14H2,1H3. The molecule has 1 aliphatic carbocycles. The van der Waals surface area contributed by atoms with Crippen molar-refractivity contribution < 1.29 is 0 Å². The normalized spacial score (nSPS) is 15.3. The summed E-state index contributed by atoms with van der Waals surface area (Å²) in [7, 11) is 0. The summed E-state index contributed by atoms with van der Waals surface area (Å²) in [5.41, 5.74) is 9.01. The van der Waals surface area contributed by atoms with Crippen LogP contribution in [0.4, 0.5) is 11.4 Å². The van der Waals surface area contributed by atoms with Gasteiger partial charge in [0, 0.05) is 17.9 Å². The minimum absolute atomic E-state index is 0.847. The third-order valence-electron chi connectivity index (χ3n) is 2.91. The van der Waals surface area contributed by atoms with Gasteiger partial charge in [-0.3, -0.25) is 0 Å². The van der Waals surface area contributed by atoms with E-state index in [-0.39, 0.29) is 0 Å². The third kappa shape index (κ3) is 3.46. The van der Waals surface area contributed by atoms with Crippen LogP contribution >= 0.6 is 0 Å². The average molecular weight is 204 g/mol. The number of nitrogens with two attached hydrogens (primary N) is 1. The van der Waals surface area contributed by atoms with E-state index in [0.717, 1.165) is 23.8 Å². The number of hydrogen-bond acceptors (Lipinski definition) is 2. The van der Waals surface area contributed by atoms with Crippen LogP contribution in [0.25, 0.3) is 0 Å². The largest absolute Gasteiger partial charge is 0.399 e. The molecule has 0 radical (unpaired) electrons. The van der Waals surface area contributed by atoms with E-state index in [4.69, 9.17) is 5.73 Å². The fraction of sp³-hybridized carbons (Fsp3) is 0.538. The van der Waals surface area contributed by atoms with Crippen LogP contribution < -0.4 is 11.1 Å². The van der Waals surface area contributed by atoms with Crippen LogP contribution in [0.1, 0.15) is 31.2 Å². The fourth-order valence-corrected chi connectivity index (χ4v) is 1.94. The Morgan fingerprint density at radius 3 is 2.80 bits per heavy atom. The van der Waals surface area contributed by atoms with Crippen LogP contribution in [0.3, 0.4) is 0 Å². The van der Waals surface area contributed by atoms with E-state index >= 15 is 0 Å². The molecule has 1 fully saturated rings. The maximum absolute atomic E-state index is 5.78. The van der Waals surface area contributed by atoms with E-state index < -0.39 is 0 Å². The number of anilines is 2. The molecule has 1 saturated carbocycles. The molecule has 0 amide bonds. The lowest BCUT2D eigenvalue weighted by molar-refractivity contribution is 0.687. The summed E-state index contributed by atoms with van der Waals surface area (Å²) in [5, 5.41) is 3.43. The fourth-order valence-electron chi connectivity index (χ4n) is 1.94. The highest BCUT2D eigenvalue weighted by Crippen LogP contribution is 2.33. The van der Waals surface area contributed by atoms with Crippen molar-refractivity contribution in [2.45, 2.75) is 32.6 Å². The quantitative estimate of drug-likeness (QED) is 0.571. The topological polar surface area (TPSA) is 38.0 Å². The lowest BCUT2D eigenvalue weighted by Crippen LogP contribution is -2.02. The molecule has 0 atom stereocenters. The highest BCUT2D eigenvalue weighted by atomic mass is 14.9. The Morgan fingerprint density at radius 2 is 2.13 bits per heavy atom. The van der Waals surface area contributed by atoms with Crippen molar-refractivity contribution in [3.05, 3.63) is 23.8 Å². The first-order valence-electron chi connectivity index (χ1n) is 5.85. The molecule has 0 bridgehead atoms. The van der Waals surface area contributed by atoms with Crippen molar-refractivity contribution in [1.82, 2.24) is 0 Å². The van der Waals surface area contributed by atoms with Gasteiger partial charge in [-0.25, -0.2) is 0 Å². The zero-order chi connectivity index (χ0) is 10.7. The van der Waals surface area contributed by atoms with E-state index in [1.807, 2.05) is 12.1 Å². The second-order valence-corrected chi connectivity index (χ2v) is 4.64. The number of nitrogen functional groups attached to an aromatic ring is 1. The predicted octanol–water partition coefficient (Wildman–Crippen LogP) is 3.18. The molecule has 3 N–H and O–H groups in total. The molecule has 0 heterocycles. The Balaban J connectivity index is 1.76. The summed E-state index contributed by atoms with van der Waals surface area (Å²) in [6, 6.07) is 6.15. The zero-order valence-corrected chi connectivity index (χ0v) is 9.42. The first-order valence-corrected chi connectivity index (χ1v) is 5.85. The van der Waals surface area contributed by atoms with Gasteiger partial charge >= 0.3 is 0 Å². The van der Waals surface area contributed by atoms with E-state index in [9.17, 15) is 0 Å². The smallest absolute Gasteiger partial charge is 0.0363 e. The van der Waals surface area contributed by atoms with Crippen molar-refractivity contribution in [2.24, 2.45) is 5.92 Å². The second kappa shape index (κ2) is 4.56. The molecule has 82 valence electrons. The van der Waals surface area contributed by atoms with Gasteiger partial charge in [0.2, 0.25) is 0 Å². The van der Waals surface area contributed by atoms with Gasteiger partial charge in [0.05, 0.1) is 0 Å². The molecular formula is C13H20N2. The first-order chi connectivity index (χ1) is 7.24. The number of hydrogen-bond donors (Lipinski definition) is 2. The Labute approximate surface area is 91.9 Å². The molecule has 0 unspecified atom stereocenters. The van der Waals surface area contributed by atoms with Crippen molar-refractivity contribution in [1.29, 1.82) is 0 Å². The number of rotatable bonds is 5. The average Bonchev–Trinajstić information content (AvgIpc) is 2.94. The van der Waals surface area contributed by atoms with Gasteiger partial charge in [-0.2, -0.15) is 0 Å². The van der Waals surface area contributed by atoms with Gasteiger partial charge in [-0.1, -0.05) is 12.8 Å². The summed E-state index contributed by atoms with van der Waals surface area (Å²) >= 11 is 0. The second-order valence-electron chi connectivity index (χ2n) is 4.64. The summed E-state index contributed by atoms with van der Waals surface area (Å²) in [6.07, 6.45) is 5.57. The number of nitrogens with one attached hydrogen (secondary N) is 1. The summed E-state index contributed by atoms with van der Waals surface area (Å²) in [5.74, 6) is 1.04. The molecule has 1 aromatic rings. The molecule has 2 rings (SSSR count). The van der Waals surface area contributed by atoms with Gasteiger partial charge in [-0.05, 0) is 49.4 Å². The first kappa shape index (κ1) is 10.3. The van der Waals surface area contributed by atoms with Crippen LogP contribution in [0, 0.1) is 12.8 Å². The van der Waals surface area contributed by atoms with Crippen LogP contribution in [0.2, 0.25) is 0 Å². The molecule has 0 saturated heterocycles. The number of benzene rings is 1. The molecular weight excluding hydrogens is 184 g/mol. The van der Waals surface area contributed by atoms with Crippen LogP contribution in [-0.2, 0) is 0 Å². The van der Waals surface area contributed by atoms with E-state index in [1.54, 1.807) is 0 Å². The van der Waals surface area contributed by atoms with Crippen molar-refractivity contribution in [3.63, 3.8) is 0 Å². The van der Waals surface area contributed by atoms with Crippen LogP contribution in [-0.4, -0.2) is 6.54 Å². The zero-order valence-electron chi connectivity index (χ0n) is 9.42. The van der Waals surface area contributed by atoms with Crippen LogP contribution in [0.5, 0.6) is 0 Å². The maximum atomic E-state index is 5.78. The van der Waals surface area contributed by atoms with Gasteiger partial charge < -0.3 is 11.1 Å². The van der Waals surface area contributed by atoms with E-state index in [1.165, 1.54) is 31.2 Å². The monoisotopic (exact) mass is 204 g/mol. The van der Waals surface area contributed by atoms with E-state index in [2.05, 4.69) is 18.3 Å². The summed E-state index contributed by atoms with van der Waals surface area (Å²) < 4.78 is 0. The molecule has 1 aromatic carbocycles. The third-order valence-corrected chi connectivity index (χ3v) is 2.91. The molecule has 2 heteroatoms. The predicted molar refractivity (Wildman–Crippen MR) is 66.0 cm³/mol. The maximum Gasteiger partial charge on any atom is 0.0363 e. The Hall–Kier alpha value is -1.18. The highest BCUT2D eigenvalue weighted by Gasteiger charge is 2.19. The Bertz CT molecular complexity index is 309. The summed E-state index contributed by atoms with van der Waals surface area (Å²) in [4.78, 5) is 0. The van der Waals surface area contributed by atoms with Crippen molar-refractivity contribution in [3.8, 4) is 0 Å². The molecule has 0 aliphatic heterocycles. The van der Waals surface area contributed by atoms with Crippen molar-refractivity contribution in [2.75, 3.05) is 17.6 Å². The molecule has 0 aromatic heterocycles. The lowest BCUT2D eigenvalue weighted by Gasteiger charge is -2.08. The molecule has 15 heavy (non-hydrogen) atoms. The minimum Gasteiger partial charge on any atom is -0.399 e. The Morgan fingerprint density at radius 1 is 1.33 bits per heavy atom. The molecule has 1 aliphatic rings. The van der Waals surface area contributed by atoms with E-state index in [0.29, 0.717) is 0 Å². The van der Waals surface area contributed by atoms with Gasteiger partial charge in [-0.15, -0.1) is 0 Å². The van der Waals surface area contributed by atoms with Crippen LogP contribution in [0.15, 0.2) is 18.2 Å². The van der Waals surface area contributed by atoms with Gasteiger partial charge in [0.25, 0.3) is 0 Å². The SMILES string of the molecule is Cc1cc(N)cc(NCCCC2CC2)c1.